The number of fused-ring (bicyclic) bond motifs is 1. The maximum absolute atomic E-state index is 12.5. The normalized spacial score (nSPS) is 17.6. The number of anilines is 1. The predicted octanol–water partition coefficient (Wildman–Crippen LogP) is 3.65. The molecule has 1 aliphatic carbocycles. The molecule has 1 amide bonds. The lowest BCUT2D eigenvalue weighted by atomic mass is 9.82. The summed E-state index contributed by atoms with van der Waals surface area (Å²) in [4.78, 5) is 18.6. The van der Waals surface area contributed by atoms with Crippen molar-refractivity contribution in [1.29, 1.82) is 0 Å². The predicted molar refractivity (Wildman–Crippen MR) is 90.4 cm³/mol. The third-order valence-corrected chi connectivity index (χ3v) is 5.44. The second-order valence-corrected chi connectivity index (χ2v) is 7.53. The second kappa shape index (κ2) is 5.97. The Kier molecular flexibility index (Phi) is 4.19. The molecule has 0 saturated heterocycles. The zero-order valence-electron chi connectivity index (χ0n) is 13.1. The molecule has 0 aliphatic heterocycles. The van der Waals surface area contributed by atoms with Gasteiger partial charge in [-0.2, -0.15) is 0 Å². The van der Waals surface area contributed by atoms with Crippen molar-refractivity contribution in [2.45, 2.75) is 51.0 Å². The van der Waals surface area contributed by atoms with Crippen LogP contribution in [0.25, 0.3) is 10.2 Å². The van der Waals surface area contributed by atoms with Crippen LogP contribution in [0.5, 0.6) is 0 Å². The Bertz CT molecular complexity index is 689. The smallest absolute Gasteiger partial charge is 0.229 e. The highest BCUT2D eigenvalue weighted by Gasteiger charge is 2.33. The summed E-state index contributed by atoms with van der Waals surface area (Å²) in [6, 6.07) is 5.88. The van der Waals surface area contributed by atoms with E-state index in [9.17, 15) is 9.90 Å². The fourth-order valence-corrected chi connectivity index (χ4v) is 4.03. The highest BCUT2D eigenvalue weighted by molar-refractivity contribution is 7.18. The number of aromatic nitrogens is 1. The fraction of sp³-hybridized carbons (Fsp3) is 0.529. The number of hydrogen-bond acceptors (Lipinski definition) is 4. The first kappa shape index (κ1) is 15.4. The summed E-state index contributed by atoms with van der Waals surface area (Å²) in [6.45, 7) is 1.98. The first-order valence-electron chi connectivity index (χ1n) is 7.83. The van der Waals surface area contributed by atoms with Gasteiger partial charge in [0.15, 0.2) is 0 Å². The molecular formula is C17H22N2O2S. The minimum atomic E-state index is -0.811. The van der Waals surface area contributed by atoms with E-state index in [1.54, 1.807) is 23.3 Å². The van der Waals surface area contributed by atoms with Crippen molar-refractivity contribution in [2.75, 3.05) is 11.9 Å². The number of aryl methyl sites for hydroxylation is 1. The van der Waals surface area contributed by atoms with E-state index in [0.29, 0.717) is 0 Å². The van der Waals surface area contributed by atoms with Crippen molar-refractivity contribution in [3.05, 3.63) is 23.2 Å². The van der Waals surface area contributed by atoms with Gasteiger partial charge < -0.3 is 10.0 Å². The van der Waals surface area contributed by atoms with Crippen LogP contribution >= 0.6 is 11.3 Å². The number of rotatable bonds is 3. The molecule has 0 bridgehead atoms. The summed E-state index contributed by atoms with van der Waals surface area (Å²) >= 11 is 1.63. The summed E-state index contributed by atoms with van der Waals surface area (Å²) in [5.74, 6) is -0.0232. The Hall–Kier alpha value is -1.46. The molecule has 1 N–H and O–H groups in total. The van der Waals surface area contributed by atoms with E-state index in [1.807, 2.05) is 25.1 Å². The van der Waals surface area contributed by atoms with E-state index < -0.39 is 5.60 Å². The molecule has 4 nitrogen and oxygen atoms in total. The van der Waals surface area contributed by atoms with Crippen molar-refractivity contribution in [2.24, 2.45) is 0 Å². The van der Waals surface area contributed by atoms with Gasteiger partial charge in [-0.05, 0) is 38.0 Å². The van der Waals surface area contributed by atoms with Crippen LogP contribution in [0.2, 0.25) is 0 Å². The van der Waals surface area contributed by atoms with E-state index in [2.05, 4.69) is 4.98 Å². The number of benzene rings is 1. The first-order valence-corrected chi connectivity index (χ1v) is 8.65. The van der Waals surface area contributed by atoms with E-state index in [0.717, 1.165) is 53.0 Å². The Labute approximate surface area is 134 Å². The average molecular weight is 318 g/mol. The van der Waals surface area contributed by atoms with Gasteiger partial charge in [-0.1, -0.05) is 19.3 Å². The van der Waals surface area contributed by atoms with E-state index >= 15 is 0 Å². The second-order valence-electron chi connectivity index (χ2n) is 6.30. The third kappa shape index (κ3) is 3.15. The molecule has 22 heavy (non-hydrogen) atoms. The number of thiazole rings is 1. The van der Waals surface area contributed by atoms with Gasteiger partial charge in [0, 0.05) is 12.7 Å². The summed E-state index contributed by atoms with van der Waals surface area (Å²) in [7, 11) is 1.78. The summed E-state index contributed by atoms with van der Waals surface area (Å²) in [5.41, 5.74) is 1.02. The Morgan fingerprint density at radius 1 is 1.36 bits per heavy atom. The van der Waals surface area contributed by atoms with Crippen LogP contribution in [0.15, 0.2) is 18.2 Å². The summed E-state index contributed by atoms with van der Waals surface area (Å²) in [6.07, 6.45) is 4.87. The zero-order chi connectivity index (χ0) is 15.7. The molecule has 0 spiro atoms. The van der Waals surface area contributed by atoms with Crippen molar-refractivity contribution in [1.82, 2.24) is 4.98 Å². The van der Waals surface area contributed by atoms with Gasteiger partial charge in [0.2, 0.25) is 5.91 Å². The zero-order valence-corrected chi connectivity index (χ0v) is 13.9. The number of hydrogen-bond donors (Lipinski definition) is 1. The fourth-order valence-electron chi connectivity index (χ4n) is 3.17. The first-order chi connectivity index (χ1) is 10.5. The molecule has 2 aromatic rings. The molecule has 1 aliphatic rings. The highest BCUT2D eigenvalue weighted by atomic mass is 32.1. The SMILES string of the molecule is Cc1nc2ccc(N(C)C(=O)CC3(O)CCCCC3)cc2s1. The third-order valence-electron chi connectivity index (χ3n) is 4.50. The molecule has 118 valence electrons. The van der Waals surface area contributed by atoms with Gasteiger partial charge in [-0.3, -0.25) is 4.79 Å². The highest BCUT2D eigenvalue weighted by Crippen LogP contribution is 2.32. The lowest BCUT2D eigenvalue weighted by Crippen LogP contribution is -2.39. The molecule has 0 unspecified atom stereocenters. The minimum Gasteiger partial charge on any atom is -0.389 e. The molecule has 1 aromatic carbocycles. The topological polar surface area (TPSA) is 53.4 Å². The van der Waals surface area contributed by atoms with E-state index in [4.69, 9.17) is 0 Å². The standard InChI is InChI=1S/C17H22N2O2S/c1-12-18-14-7-6-13(10-15(14)22-12)19(2)16(20)11-17(21)8-4-3-5-9-17/h6-7,10,21H,3-5,8-9,11H2,1-2H3. The maximum atomic E-state index is 12.5. The minimum absolute atomic E-state index is 0.0232. The van der Waals surface area contributed by atoms with E-state index in [1.165, 1.54) is 0 Å². The van der Waals surface area contributed by atoms with Crippen LogP contribution in [0.1, 0.15) is 43.5 Å². The molecule has 0 atom stereocenters. The summed E-state index contributed by atoms with van der Waals surface area (Å²) < 4.78 is 1.09. The average Bonchev–Trinajstić information content (AvgIpc) is 2.85. The van der Waals surface area contributed by atoms with Crippen LogP contribution in [0.4, 0.5) is 5.69 Å². The Morgan fingerprint density at radius 3 is 2.82 bits per heavy atom. The quantitative estimate of drug-likeness (QED) is 0.940. The molecule has 1 saturated carbocycles. The Morgan fingerprint density at radius 2 is 2.09 bits per heavy atom. The van der Waals surface area contributed by atoms with Crippen LogP contribution in [0.3, 0.4) is 0 Å². The molecule has 0 radical (unpaired) electrons. The van der Waals surface area contributed by atoms with Gasteiger partial charge >= 0.3 is 0 Å². The van der Waals surface area contributed by atoms with Gasteiger partial charge in [0.25, 0.3) is 0 Å². The number of carbonyl (C=O) groups is 1. The molecule has 5 heteroatoms. The lowest BCUT2D eigenvalue weighted by Gasteiger charge is -2.32. The molecule has 1 heterocycles. The molecule has 3 rings (SSSR count). The van der Waals surface area contributed by atoms with Crippen LogP contribution in [-0.4, -0.2) is 28.6 Å². The Balaban J connectivity index is 1.76. The van der Waals surface area contributed by atoms with Crippen LogP contribution in [0, 0.1) is 6.92 Å². The molecule has 1 fully saturated rings. The monoisotopic (exact) mass is 318 g/mol. The van der Waals surface area contributed by atoms with Crippen LogP contribution in [-0.2, 0) is 4.79 Å². The van der Waals surface area contributed by atoms with Gasteiger partial charge in [-0.15, -0.1) is 11.3 Å². The van der Waals surface area contributed by atoms with Crippen LogP contribution < -0.4 is 4.90 Å². The lowest BCUT2D eigenvalue weighted by molar-refractivity contribution is -0.124. The van der Waals surface area contributed by atoms with Crippen molar-refractivity contribution in [3.8, 4) is 0 Å². The van der Waals surface area contributed by atoms with E-state index in [-0.39, 0.29) is 12.3 Å². The largest absolute Gasteiger partial charge is 0.389 e. The van der Waals surface area contributed by atoms with Crippen molar-refractivity contribution < 1.29 is 9.90 Å². The van der Waals surface area contributed by atoms with Crippen molar-refractivity contribution in [3.63, 3.8) is 0 Å². The van der Waals surface area contributed by atoms with Gasteiger partial charge in [0.05, 0.1) is 27.2 Å². The number of amides is 1. The van der Waals surface area contributed by atoms with Crippen molar-refractivity contribution >= 4 is 33.1 Å². The van der Waals surface area contributed by atoms with Gasteiger partial charge in [-0.25, -0.2) is 4.98 Å². The molecule has 1 aromatic heterocycles. The summed E-state index contributed by atoms with van der Waals surface area (Å²) in [5, 5.41) is 11.6. The van der Waals surface area contributed by atoms with Gasteiger partial charge in [0.1, 0.15) is 0 Å². The number of aliphatic hydroxyl groups is 1. The maximum Gasteiger partial charge on any atom is 0.229 e. The number of nitrogens with zero attached hydrogens (tertiary/aromatic N) is 2. The number of carbonyl (C=O) groups excluding carboxylic acids is 1. The molecular weight excluding hydrogens is 296 g/mol.